The summed E-state index contributed by atoms with van der Waals surface area (Å²) in [6, 6.07) is 7.91. The zero-order chi connectivity index (χ0) is 19.0. The molecule has 2 heterocycles. The summed E-state index contributed by atoms with van der Waals surface area (Å²) in [7, 11) is 0. The number of nitrogens with zero attached hydrogens (tertiary/aromatic N) is 2. The molecule has 1 aliphatic heterocycles. The minimum atomic E-state index is -0.721. The van der Waals surface area contributed by atoms with Gasteiger partial charge < -0.3 is 9.64 Å². The summed E-state index contributed by atoms with van der Waals surface area (Å²) >= 11 is 1.08. The summed E-state index contributed by atoms with van der Waals surface area (Å²) in [5.41, 5.74) is 0.143. The van der Waals surface area contributed by atoms with Gasteiger partial charge in [-0.25, -0.2) is 13.2 Å². The van der Waals surface area contributed by atoms with Gasteiger partial charge in [-0.1, -0.05) is 23.5 Å². The predicted octanol–water partition coefficient (Wildman–Crippen LogP) is 4.40. The van der Waals surface area contributed by atoms with Crippen molar-refractivity contribution in [3.8, 4) is 5.19 Å². The predicted molar refractivity (Wildman–Crippen MR) is 95.5 cm³/mol. The van der Waals surface area contributed by atoms with E-state index < -0.39 is 17.5 Å². The number of halogens is 3. The van der Waals surface area contributed by atoms with Crippen LogP contribution in [0.1, 0.15) is 23.2 Å². The van der Waals surface area contributed by atoms with Crippen LogP contribution in [0.5, 0.6) is 5.19 Å². The van der Waals surface area contributed by atoms with Gasteiger partial charge >= 0.3 is 0 Å². The van der Waals surface area contributed by atoms with Crippen molar-refractivity contribution in [2.45, 2.75) is 18.9 Å². The first kappa shape index (κ1) is 17.8. The van der Waals surface area contributed by atoms with Crippen LogP contribution in [0.3, 0.4) is 0 Å². The number of benzene rings is 2. The Morgan fingerprint density at radius 3 is 2.59 bits per heavy atom. The summed E-state index contributed by atoms with van der Waals surface area (Å²) in [6.45, 7) is 0.845. The van der Waals surface area contributed by atoms with Gasteiger partial charge in [0.05, 0.1) is 10.3 Å². The SMILES string of the molecule is O=C(c1ccccc1F)N1CCC(Oc2nc3c(F)cc(F)cc3s2)CC1. The Hall–Kier alpha value is -2.61. The number of thiazole rings is 1. The van der Waals surface area contributed by atoms with E-state index in [9.17, 15) is 18.0 Å². The molecule has 0 spiro atoms. The van der Waals surface area contributed by atoms with Crippen LogP contribution in [-0.2, 0) is 0 Å². The third-order valence-electron chi connectivity index (χ3n) is 4.49. The number of aromatic nitrogens is 1. The molecular weight excluding hydrogens is 377 g/mol. The van der Waals surface area contributed by atoms with Crippen LogP contribution in [0.4, 0.5) is 13.2 Å². The van der Waals surface area contributed by atoms with Crippen molar-refractivity contribution >= 4 is 27.5 Å². The molecule has 8 heteroatoms. The first-order valence-electron chi connectivity index (χ1n) is 8.47. The third kappa shape index (κ3) is 3.62. The van der Waals surface area contributed by atoms with E-state index in [0.717, 1.165) is 17.4 Å². The molecule has 140 valence electrons. The Morgan fingerprint density at radius 1 is 1.11 bits per heavy atom. The van der Waals surface area contributed by atoms with Crippen LogP contribution in [0.25, 0.3) is 10.2 Å². The first-order chi connectivity index (χ1) is 13.0. The molecule has 0 radical (unpaired) electrons. The van der Waals surface area contributed by atoms with Gasteiger partial charge in [0.15, 0.2) is 5.82 Å². The smallest absolute Gasteiger partial charge is 0.274 e. The molecule has 1 aromatic heterocycles. The Balaban J connectivity index is 1.40. The molecule has 4 rings (SSSR count). The number of carbonyl (C=O) groups excluding carboxylic acids is 1. The van der Waals surface area contributed by atoms with Crippen LogP contribution in [-0.4, -0.2) is 35.0 Å². The highest BCUT2D eigenvalue weighted by atomic mass is 32.1. The van der Waals surface area contributed by atoms with Gasteiger partial charge in [-0.3, -0.25) is 4.79 Å². The van der Waals surface area contributed by atoms with Gasteiger partial charge in [0.1, 0.15) is 23.3 Å². The van der Waals surface area contributed by atoms with Crippen molar-refractivity contribution in [1.82, 2.24) is 9.88 Å². The molecule has 0 saturated carbocycles. The minimum absolute atomic E-state index is 0.0561. The molecule has 1 fully saturated rings. The summed E-state index contributed by atoms with van der Waals surface area (Å²) in [5, 5.41) is 0.272. The molecule has 0 aliphatic carbocycles. The number of carbonyl (C=O) groups is 1. The third-order valence-corrected chi connectivity index (χ3v) is 5.39. The summed E-state index contributed by atoms with van der Waals surface area (Å²) in [5.74, 6) is -2.26. The van der Waals surface area contributed by atoms with Gasteiger partial charge in [-0.05, 0) is 18.2 Å². The van der Waals surface area contributed by atoms with Crippen molar-refractivity contribution in [2.24, 2.45) is 0 Å². The Bertz CT molecular complexity index is 1000. The Labute approximate surface area is 157 Å². The van der Waals surface area contributed by atoms with E-state index in [1.165, 1.54) is 18.2 Å². The largest absolute Gasteiger partial charge is 0.467 e. The lowest BCUT2D eigenvalue weighted by atomic mass is 10.1. The van der Waals surface area contributed by atoms with Crippen molar-refractivity contribution in [1.29, 1.82) is 0 Å². The molecule has 0 N–H and O–H groups in total. The van der Waals surface area contributed by atoms with E-state index >= 15 is 0 Å². The van der Waals surface area contributed by atoms with Crippen molar-refractivity contribution < 1.29 is 22.7 Å². The standard InChI is InChI=1S/C19H15F3N2O2S/c20-11-9-15(22)17-16(10-11)27-19(23-17)26-12-5-7-24(8-6-12)18(25)13-3-1-2-4-14(13)21/h1-4,9-10,12H,5-8H2. The van der Waals surface area contributed by atoms with Gasteiger partial charge in [0.2, 0.25) is 0 Å². The molecule has 1 amide bonds. The highest BCUT2D eigenvalue weighted by molar-refractivity contribution is 7.20. The second-order valence-electron chi connectivity index (χ2n) is 6.30. The molecule has 2 aromatic carbocycles. The molecule has 4 nitrogen and oxygen atoms in total. The average molecular weight is 392 g/mol. The average Bonchev–Trinajstić information content (AvgIpc) is 3.05. The molecule has 0 bridgehead atoms. The molecule has 0 atom stereocenters. The lowest BCUT2D eigenvalue weighted by Gasteiger charge is -2.31. The number of rotatable bonds is 3. The van der Waals surface area contributed by atoms with Crippen molar-refractivity contribution in [3.63, 3.8) is 0 Å². The molecule has 1 saturated heterocycles. The van der Waals surface area contributed by atoms with Crippen LogP contribution < -0.4 is 4.74 Å². The lowest BCUT2D eigenvalue weighted by molar-refractivity contribution is 0.0591. The minimum Gasteiger partial charge on any atom is -0.467 e. The maximum atomic E-state index is 13.8. The summed E-state index contributed by atoms with van der Waals surface area (Å²) in [6.07, 6.45) is 0.906. The number of hydrogen-bond donors (Lipinski definition) is 0. The van der Waals surface area contributed by atoms with Crippen molar-refractivity contribution in [3.05, 3.63) is 59.4 Å². The van der Waals surface area contributed by atoms with E-state index in [2.05, 4.69) is 4.98 Å². The molecule has 27 heavy (non-hydrogen) atoms. The van der Waals surface area contributed by atoms with E-state index in [1.807, 2.05) is 0 Å². The van der Waals surface area contributed by atoms with Gasteiger partial charge in [-0.2, -0.15) is 4.98 Å². The van der Waals surface area contributed by atoms with Crippen LogP contribution in [0.15, 0.2) is 36.4 Å². The Morgan fingerprint density at radius 2 is 1.85 bits per heavy atom. The molecule has 3 aromatic rings. The number of likely N-dealkylation sites (tertiary alicyclic amines) is 1. The topological polar surface area (TPSA) is 42.4 Å². The fraction of sp³-hybridized carbons (Fsp3) is 0.263. The summed E-state index contributed by atoms with van der Waals surface area (Å²) < 4.78 is 47.0. The highest BCUT2D eigenvalue weighted by Gasteiger charge is 2.27. The van der Waals surface area contributed by atoms with Crippen molar-refractivity contribution in [2.75, 3.05) is 13.1 Å². The van der Waals surface area contributed by atoms with E-state index in [1.54, 1.807) is 17.0 Å². The number of ether oxygens (including phenoxy) is 1. The lowest BCUT2D eigenvalue weighted by Crippen LogP contribution is -2.42. The van der Waals surface area contributed by atoms with Gasteiger partial charge in [0, 0.05) is 32.0 Å². The van der Waals surface area contributed by atoms with Crippen LogP contribution in [0, 0.1) is 17.5 Å². The molecular formula is C19H15F3N2O2S. The fourth-order valence-electron chi connectivity index (χ4n) is 3.11. The number of fused-ring (bicyclic) bond motifs is 1. The quantitative estimate of drug-likeness (QED) is 0.664. The molecule has 0 unspecified atom stereocenters. The second kappa shape index (κ2) is 7.19. The normalized spacial score (nSPS) is 15.3. The number of hydrogen-bond acceptors (Lipinski definition) is 4. The van der Waals surface area contributed by atoms with E-state index in [-0.39, 0.29) is 28.3 Å². The van der Waals surface area contributed by atoms with Gasteiger partial charge in [0.25, 0.3) is 11.1 Å². The van der Waals surface area contributed by atoms with Gasteiger partial charge in [-0.15, -0.1) is 0 Å². The zero-order valence-corrected chi connectivity index (χ0v) is 14.9. The fourth-order valence-corrected chi connectivity index (χ4v) is 4.03. The van der Waals surface area contributed by atoms with E-state index in [0.29, 0.717) is 30.6 Å². The second-order valence-corrected chi connectivity index (χ2v) is 7.30. The molecule has 1 aliphatic rings. The van der Waals surface area contributed by atoms with E-state index in [4.69, 9.17) is 4.74 Å². The maximum Gasteiger partial charge on any atom is 0.274 e. The number of amides is 1. The zero-order valence-electron chi connectivity index (χ0n) is 14.1. The Kier molecular flexibility index (Phi) is 4.73. The highest BCUT2D eigenvalue weighted by Crippen LogP contribution is 2.32. The maximum absolute atomic E-state index is 13.8. The monoisotopic (exact) mass is 392 g/mol. The summed E-state index contributed by atoms with van der Waals surface area (Å²) in [4.78, 5) is 18.1. The number of piperidine rings is 1. The van der Waals surface area contributed by atoms with Crippen LogP contribution >= 0.6 is 11.3 Å². The first-order valence-corrected chi connectivity index (χ1v) is 9.29. The van der Waals surface area contributed by atoms with Crippen LogP contribution in [0.2, 0.25) is 0 Å².